The van der Waals surface area contributed by atoms with Crippen molar-refractivity contribution in [2.24, 2.45) is 0 Å². The molecule has 2 aromatic rings. The molecule has 1 fully saturated rings. The Balaban J connectivity index is 1.85. The number of benzene rings is 1. The van der Waals surface area contributed by atoms with E-state index in [1.54, 1.807) is 12.1 Å². The van der Waals surface area contributed by atoms with E-state index in [-0.39, 0.29) is 11.2 Å². The fourth-order valence-electron chi connectivity index (χ4n) is 2.01. The molecule has 0 unspecified atom stereocenters. The molecule has 21 heavy (non-hydrogen) atoms. The van der Waals surface area contributed by atoms with Crippen molar-refractivity contribution in [2.75, 3.05) is 0 Å². The van der Waals surface area contributed by atoms with E-state index >= 15 is 0 Å². The summed E-state index contributed by atoms with van der Waals surface area (Å²) in [5, 5.41) is 13.9. The molecule has 3 rings (SSSR count). The van der Waals surface area contributed by atoms with Crippen molar-refractivity contribution in [1.82, 2.24) is 15.3 Å². The second kappa shape index (κ2) is 5.45. The maximum absolute atomic E-state index is 11.7. The topological polar surface area (TPSA) is 101 Å². The van der Waals surface area contributed by atoms with Crippen molar-refractivity contribution in [3.05, 3.63) is 56.5 Å². The highest BCUT2D eigenvalue weighted by atomic mass is 16.6. The number of nitrogens with one attached hydrogen (secondary N) is 2. The maximum atomic E-state index is 11.7. The van der Waals surface area contributed by atoms with Crippen LogP contribution in [0, 0.1) is 10.1 Å². The number of non-ortho nitro benzene ring substituents is 1. The Morgan fingerprint density at radius 2 is 2.05 bits per heavy atom. The highest BCUT2D eigenvalue weighted by Gasteiger charge is 2.20. The van der Waals surface area contributed by atoms with Gasteiger partial charge >= 0.3 is 0 Å². The van der Waals surface area contributed by atoms with Gasteiger partial charge in [-0.05, 0) is 25.0 Å². The number of nitrogens with zero attached hydrogens (tertiary/aromatic N) is 2. The van der Waals surface area contributed by atoms with Gasteiger partial charge in [0.05, 0.1) is 10.6 Å². The minimum absolute atomic E-state index is 0.00708. The summed E-state index contributed by atoms with van der Waals surface area (Å²) in [5.41, 5.74) is 1.09. The van der Waals surface area contributed by atoms with Crippen LogP contribution in [0.15, 0.2) is 35.1 Å². The van der Waals surface area contributed by atoms with Gasteiger partial charge in [0.1, 0.15) is 5.82 Å². The smallest absolute Gasteiger partial charge is 0.269 e. The minimum atomic E-state index is -0.462. The fourth-order valence-corrected chi connectivity index (χ4v) is 2.01. The van der Waals surface area contributed by atoms with Crippen LogP contribution in [-0.4, -0.2) is 20.9 Å². The molecule has 2 N–H and O–H groups in total. The average molecular weight is 286 g/mol. The number of nitro benzene ring substituents is 1. The minimum Gasteiger partial charge on any atom is -0.308 e. The summed E-state index contributed by atoms with van der Waals surface area (Å²) in [6, 6.07) is 7.94. The predicted molar refractivity (Wildman–Crippen MR) is 76.8 cm³/mol. The molecule has 1 aliphatic rings. The lowest BCUT2D eigenvalue weighted by atomic mass is 10.2. The number of H-pyrrole nitrogens is 1. The van der Waals surface area contributed by atoms with E-state index in [9.17, 15) is 14.9 Å². The molecule has 0 saturated heterocycles. The van der Waals surface area contributed by atoms with Gasteiger partial charge in [-0.3, -0.25) is 14.9 Å². The molecule has 0 spiro atoms. The first kappa shape index (κ1) is 13.4. The SMILES string of the molecule is O=c1cc(CNC2CC2)nc(-c2ccc([N+](=O)[O-])cc2)[nH]1. The molecule has 0 aliphatic heterocycles. The monoisotopic (exact) mass is 286 g/mol. The first-order valence-electron chi connectivity index (χ1n) is 6.70. The lowest BCUT2D eigenvalue weighted by Crippen LogP contribution is -2.19. The van der Waals surface area contributed by atoms with Crippen LogP contribution >= 0.6 is 0 Å². The van der Waals surface area contributed by atoms with Gasteiger partial charge in [0.2, 0.25) is 0 Å². The summed E-state index contributed by atoms with van der Waals surface area (Å²) in [4.78, 5) is 28.9. The van der Waals surface area contributed by atoms with Crippen LogP contribution in [0.3, 0.4) is 0 Å². The van der Waals surface area contributed by atoms with E-state index in [1.807, 2.05) is 0 Å². The van der Waals surface area contributed by atoms with Crippen LogP contribution < -0.4 is 10.9 Å². The number of aromatic nitrogens is 2. The highest BCUT2D eigenvalue weighted by Crippen LogP contribution is 2.20. The van der Waals surface area contributed by atoms with Crippen molar-refractivity contribution in [3.63, 3.8) is 0 Å². The zero-order chi connectivity index (χ0) is 14.8. The molecule has 1 heterocycles. The number of aromatic amines is 1. The number of nitro groups is 1. The van der Waals surface area contributed by atoms with E-state index in [0.717, 1.165) is 0 Å². The summed E-state index contributed by atoms with van der Waals surface area (Å²) in [7, 11) is 0. The second-order valence-electron chi connectivity index (χ2n) is 5.04. The van der Waals surface area contributed by atoms with Gasteiger partial charge in [0.25, 0.3) is 11.2 Å². The zero-order valence-corrected chi connectivity index (χ0v) is 11.2. The summed E-state index contributed by atoms with van der Waals surface area (Å²) in [6.07, 6.45) is 2.33. The summed E-state index contributed by atoms with van der Waals surface area (Å²) in [5.74, 6) is 0.421. The van der Waals surface area contributed by atoms with Crippen molar-refractivity contribution in [1.29, 1.82) is 0 Å². The van der Waals surface area contributed by atoms with Crippen molar-refractivity contribution < 1.29 is 4.92 Å². The Bertz CT molecular complexity index is 720. The molecule has 0 amide bonds. The fraction of sp³-hybridized carbons (Fsp3) is 0.286. The van der Waals surface area contributed by atoms with Crippen molar-refractivity contribution >= 4 is 5.69 Å². The van der Waals surface area contributed by atoms with Crippen molar-refractivity contribution in [2.45, 2.75) is 25.4 Å². The van der Waals surface area contributed by atoms with Gasteiger partial charge in [-0.2, -0.15) is 0 Å². The Morgan fingerprint density at radius 1 is 1.33 bits per heavy atom. The largest absolute Gasteiger partial charge is 0.308 e. The highest BCUT2D eigenvalue weighted by molar-refractivity contribution is 5.57. The second-order valence-corrected chi connectivity index (χ2v) is 5.04. The molecule has 0 bridgehead atoms. The average Bonchev–Trinajstić information content (AvgIpc) is 3.29. The van der Waals surface area contributed by atoms with Crippen LogP contribution in [0.5, 0.6) is 0 Å². The maximum Gasteiger partial charge on any atom is 0.269 e. The van der Waals surface area contributed by atoms with E-state index in [4.69, 9.17) is 0 Å². The van der Waals surface area contributed by atoms with E-state index in [0.29, 0.717) is 29.7 Å². The quantitative estimate of drug-likeness (QED) is 0.642. The van der Waals surface area contributed by atoms with Crippen LogP contribution in [0.2, 0.25) is 0 Å². The van der Waals surface area contributed by atoms with Gasteiger partial charge in [-0.15, -0.1) is 0 Å². The summed E-state index contributed by atoms with van der Waals surface area (Å²) >= 11 is 0. The van der Waals surface area contributed by atoms with Gasteiger partial charge in [0, 0.05) is 36.3 Å². The molecule has 1 aliphatic carbocycles. The first-order chi connectivity index (χ1) is 10.1. The predicted octanol–water partition coefficient (Wildman–Crippen LogP) is 1.60. The van der Waals surface area contributed by atoms with E-state index < -0.39 is 4.92 Å². The molecular formula is C14H14N4O3. The van der Waals surface area contributed by atoms with Crippen molar-refractivity contribution in [3.8, 4) is 11.4 Å². The number of hydrogen-bond donors (Lipinski definition) is 2. The Morgan fingerprint density at radius 3 is 2.67 bits per heavy atom. The lowest BCUT2D eigenvalue weighted by molar-refractivity contribution is -0.384. The molecule has 1 saturated carbocycles. The third-order valence-electron chi connectivity index (χ3n) is 3.30. The zero-order valence-electron chi connectivity index (χ0n) is 11.2. The molecule has 7 nitrogen and oxygen atoms in total. The number of hydrogen-bond acceptors (Lipinski definition) is 5. The van der Waals surface area contributed by atoms with Gasteiger partial charge in [0.15, 0.2) is 0 Å². The Labute approximate surface area is 120 Å². The summed E-state index contributed by atoms with van der Waals surface area (Å²) < 4.78 is 0. The van der Waals surface area contributed by atoms with Gasteiger partial charge < -0.3 is 10.3 Å². The van der Waals surface area contributed by atoms with Crippen LogP contribution in [0.25, 0.3) is 11.4 Å². The van der Waals surface area contributed by atoms with Crippen LogP contribution in [0.4, 0.5) is 5.69 Å². The standard InChI is InChI=1S/C14H14N4O3/c19-13-7-11(8-15-10-3-4-10)16-14(17-13)9-1-5-12(6-2-9)18(20)21/h1-2,5-7,10,15H,3-4,8H2,(H,16,17,19). The van der Waals surface area contributed by atoms with Gasteiger partial charge in [-0.25, -0.2) is 4.98 Å². The van der Waals surface area contributed by atoms with E-state index in [2.05, 4.69) is 15.3 Å². The molecular weight excluding hydrogens is 272 g/mol. The van der Waals surface area contributed by atoms with Gasteiger partial charge in [-0.1, -0.05) is 0 Å². The molecule has 1 aromatic carbocycles. The molecule has 0 radical (unpaired) electrons. The summed E-state index contributed by atoms with van der Waals surface area (Å²) in [6.45, 7) is 0.550. The van der Waals surface area contributed by atoms with Crippen LogP contribution in [0.1, 0.15) is 18.5 Å². The third kappa shape index (κ3) is 3.32. The lowest BCUT2D eigenvalue weighted by Gasteiger charge is -2.05. The molecule has 1 aromatic heterocycles. The Hall–Kier alpha value is -2.54. The molecule has 0 atom stereocenters. The number of rotatable bonds is 5. The molecule has 108 valence electrons. The third-order valence-corrected chi connectivity index (χ3v) is 3.30. The molecule has 7 heteroatoms. The van der Waals surface area contributed by atoms with E-state index in [1.165, 1.54) is 31.0 Å². The van der Waals surface area contributed by atoms with Crippen LogP contribution in [-0.2, 0) is 6.54 Å². The normalized spacial score (nSPS) is 14.1. The Kier molecular flexibility index (Phi) is 3.49. The first-order valence-corrected chi connectivity index (χ1v) is 6.70.